The largest absolute Gasteiger partial charge is 0.376 e. The quantitative estimate of drug-likeness (QED) is 0.742. The summed E-state index contributed by atoms with van der Waals surface area (Å²) in [5, 5.41) is 4.25. The lowest BCUT2D eigenvalue weighted by Crippen LogP contribution is -2.09. The zero-order valence-electron chi connectivity index (χ0n) is 10.2. The molecule has 88 valence electrons. The topological polar surface area (TPSA) is 12.0 Å². The molecule has 1 aromatic carbocycles. The third kappa shape index (κ3) is 7.18. The van der Waals surface area contributed by atoms with Crippen LogP contribution in [-0.4, -0.2) is 5.75 Å². The van der Waals surface area contributed by atoms with Crippen molar-refractivity contribution in [1.29, 1.82) is 0 Å². The molecule has 0 bridgehead atoms. The number of nitrogens with one attached hydrogen (secondary N) is 1. The van der Waals surface area contributed by atoms with Gasteiger partial charge in [-0.25, -0.2) is 0 Å². The van der Waals surface area contributed by atoms with Crippen LogP contribution in [0.3, 0.4) is 0 Å². The Morgan fingerprint density at radius 1 is 1.31 bits per heavy atom. The molecule has 0 atom stereocenters. The van der Waals surface area contributed by atoms with Crippen LogP contribution in [0.25, 0.3) is 0 Å². The van der Waals surface area contributed by atoms with Crippen LogP contribution in [0.4, 0.5) is 0 Å². The summed E-state index contributed by atoms with van der Waals surface area (Å²) in [7, 11) is 0. The zero-order valence-corrected chi connectivity index (χ0v) is 11.0. The van der Waals surface area contributed by atoms with Crippen LogP contribution in [0.2, 0.25) is 0 Å². The Hall–Kier alpha value is -1.15. The minimum atomic E-state index is 0.837. The third-order valence-corrected chi connectivity index (χ3v) is 2.60. The Bertz CT molecular complexity index is 293. The fourth-order valence-corrected chi connectivity index (χ4v) is 1.50. The Labute approximate surface area is 104 Å². The molecule has 0 spiro atoms. The summed E-state index contributed by atoms with van der Waals surface area (Å²) in [6.07, 6.45) is 1.88. The lowest BCUT2D eigenvalue weighted by Gasteiger charge is -2.07. The van der Waals surface area contributed by atoms with Crippen LogP contribution in [0.15, 0.2) is 54.6 Å². The molecule has 16 heavy (non-hydrogen) atoms. The van der Waals surface area contributed by atoms with E-state index in [1.165, 1.54) is 5.56 Å². The van der Waals surface area contributed by atoms with Crippen molar-refractivity contribution in [3.63, 3.8) is 0 Å². The Morgan fingerprint density at radius 3 is 2.50 bits per heavy atom. The Morgan fingerprint density at radius 2 is 1.94 bits per heavy atom. The van der Waals surface area contributed by atoms with Gasteiger partial charge in [-0.15, -0.1) is 18.3 Å². The summed E-state index contributed by atoms with van der Waals surface area (Å²) in [5.41, 5.74) is 1.27. The van der Waals surface area contributed by atoms with Gasteiger partial charge in [-0.2, -0.15) is 0 Å². The van der Waals surface area contributed by atoms with Crippen molar-refractivity contribution in [2.45, 2.75) is 20.4 Å². The van der Waals surface area contributed by atoms with Gasteiger partial charge in [-0.3, -0.25) is 0 Å². The highest BCUT2D eigenvalue weighted by molar-refractivity contribution is 8.03. The smallest absolute Gasteiger partial charge is 0.0613 e. The van der Waals surface area contributed by atoms with E-state index in [-0.39, 0.29) is 0 Å². The van der Waals surface area contributed by atoms with E-state index in [9.17, 15) is 0 Å². The first-order valence-corrected chi connectivity index (χ1v) is 6.52. The molecule has 1 aromatic rings. The van der Waals surface area contributed by atoms with Gasteiger partial charge in [0.15, 0.2) is 0 Å². The molecule has 0 radical (unpaired) electrons. The van der Waals surface area contributed by atoms with Crippen LogP contribution in [0, 0.1) is 0 Å². The standard InChI is InChI=1S/C12H15NS.C2H6/c1-3-9-14-11(2)13-10-12-7-5-4-6-8-12;1-2/h3-8,13H,1-2,9-10H2;1-2H3. The molecule has 1 nitrogen and oxygen atoms in total. The van der Waals surface area contributed by atoms with E-state index in [1.807, 2.05) is 38.1 Å². The van der Waals surface area contributed by atoms with Crippen molar-refractivity contribution in [1.82, 2.24) is 5.32 Å². The lowest BCUT2D eigenvalue weighted by atomic mass is 10.2. The molecule has 0 aliphatic heterocycles. The predicted molar refractivity (Wildman–Crippen MR) is 76.4 cm³/mol. The summed E-state index contributed by atoms with van der Waals surface area (Å²) in [6, 6.07) is 10.3. The van der Waals surface area contributed by atoms with Crippen molar-refractivity contribution in [2.75, 3.05) is 5.75 Å². The molecule has 0 unspecified atom stereocenters. The highest BCUT2D eigenvalue weighted by Gasteiger charge is 1.93. The molecule has 0 fully saturated rings. The molecule has 1 rings (SSSR count). The minimum Gasteiger partial charge on any atom is -0.376 e. The van der Waals surface area contributed by atoms with Gasteiger partial charge >= 0.3 is 0 Å². The van der Waals surface area contributed by atoms with Crippen molar-refractivity contribution in [3.8, 4) is 0 Å². The molecule has 1 N–H and O–H groups in total. The van der Waals surface area contributed by atoms with Gasteiger partial charge in [-0.1, -0.05) is 56.8 Å². The summed E-state index contributed by atoms with van der Waals surface area (Å²) in [4.78, 5) is 0. The van der Waals surface area contributed by atoms with Crippen molar-refractivity contribution in [3.05, 3.63) is 60.2 Å². The molecule has 0 saturated heterocycles. The van der Waals surface area contributed by atoms with Crippen LogP contribution in [0.1, 0.15) is 19.4 Å². The monoisotopic (exact) mass is 235 g/mol. The molecule has 2 heteroatoms. The first kappa shape index (κ1) is 14.8. The van der Waals surface area contributed by atoms with E-state index >= 15 is 0 Å². The van der Waals surface area contributed by atoms with Gasteiger partial charge in [0, 0.05) is 12.3 Å². The fourth-order valence-electron chi connectivity index (χ4n) is 1.01. The number of hydrogen-bond donors (Lipinski definition) is 1. The van der Waals surface area contributed by atoms with Crippen molar-refractivity contribution < 1.29 is 0 Å². The average Bonchev–Trinajstić information content (AvgIpc) is 2.37. The van der Waals surface area contributed by atoms with Crippen LogP contribution in [0.5, 0.6) is 0 Å². The second-order valence-corrected chi connectivity index (χ2v) is 3.98. The van der Waals surface area contributed by atoms with Crippen LogP contribution >= 0.6 is 11.8 Å². The normalized spacial score (nSPS) is 8.62. The number of benzene rings is 1. The highest BCUT2D eigenvalue weighted by atomic mass is 32.2. The summed E-state index contributed by atoms with van der Waals surface area (Å²) < 4.78 is 0. The average molecular weight is 235 g/mol. The number of rotatable bonds is 6. The van der Waals surface area contributed by atoms with E-state index in [4.69, 9.17) is 0 Å². The summed E-state index contributed by atoms with van der Waals surface area (Å²) >= 11 is 1.67. The van der Waals surface area contributed by atoms with Gasteiger partial charge in [0.25, 0.3) is 0 Å². The zero-order chi connectivity index (χ0) is 12.2. The Kier molecular flexibility index (Phi) is 9.63. The molecular weight excluding hydrogens is 214 g/mol. The fraction of sp³-hybridized carbons (Fsp3) is 0.286. The summed E-state index contributed by atoms with van der Waals surface area (Å²) in [5.74, 6) is 0.903. The van der Waals surface area contributed by atoms with Crippen LogP contribution < -0.4 is 5.32 Å². The first-order chi connectivity index (χ1) is 7.83. The maximum atomic E-state index is 3.91. The Balaban J connectivity index is 0.00000106. The molecule has 0 aliphatic rings. The first-order valence-electron chi connectivity index (χ1n) is 5.53. The van der Waals surface area contributed by atoms with Gasteiger partial charge in [-0.05, 0) is 5.56 Å². The molecule has 0 aromatic heterocycles. The van der Waals surface area contributed by atoms with E-state index in [2.05, 4.69) is 30.6 Å². The number of hydrogen-bond acceptors (Lipinski definition) is 2. The van der Waals surface area contributed by atoms with Gasteiger partial charge in [0.2, 0.25) is 0 Å². The summed E-state index contributed by atoms with van der Waals surface area (Å²) in [6.45, 7) is 12.4. The van der Waals surface area contributed by atoms with E-state index < -0.39 is 0 Å². The third-order valence-electron chi connectivity index (χ3n) is 1.71. The molecular formula is C14H21NS. The maximum absolute atomic E-state index is 3.91. The van der Waals surface area contributed by atoms with Gasteiger partial charge < -0.3 is 5.32 Å². The maximum Gasteiger partial charge on any atom is 0.0613 e. The van der Waals surface area contributed by atoms with Crippen molar-refractivity contribution >= 4 is 11.8 Å². The van der Waals surface area contributed by atoms with Crippen LogP contribution in [-0.2, 0) is 6.54 Å². The lowest BCUT2D eigenvalue weighted by molar-refractivity contribution is 0.859. The SMILES string of the molecule is C=CCSC(=C)NCc1ccccc1.CC. The van der Waals surface area contributed by atoms with E-state index in [1.54, 1.807) is 11.8 Å². The molecule has 0 amide bonds. The second-order valence-electron chi connectivity index (χ2n) is 2.86. The molecule has 0 heterocycles. The predicted octanol–water partition coefficient (Wildman–Crippen LogP) is 4.19. The van der Waals surface area contributed by atoms with E-state index in [0.29, 0.717) is 0 Å². The van der Waals surface area contributed by atoms with E-state index in [0.717, 1.165) is 17.3 Å². The van der Waals surface area contributed by atoms with Crippen molar-refractivity contribution in [2.24, 2.45) is 0 Å². The number of thioether (sulfide) groups is 1. The second kappa shape index (κ2) is 10.4. The van der Waals surface area contributed by atoms with Gasteiger partial charge in [0.1, 0.15) is 0 Å². The minimum absolute atomic E-state index is 0.837. The molecule has 0 aliphatic carbocycles. The molecule has 0 saturated carbocycles. The van der Waals surface area contributed by atoms with Gasteiger partial charge in [0.05, 0.1) is 5.03 Å². The highest BCUT2D eigenvalue weighted by Crippen LogP contribution is 2.10.